The van der Waals surface area contributed by atoms with Crippen molar-refractivity contribution in [3.63, 3.8) is 0 Å². The van der Waals surface area contributed by atoms with Crippen molar-refractivity contribution >= 4 is 33.6 Å². The zero-order valence-electron chi connectivity index (χ0n) is 6.08. The number of hydrogen-bond acceptors (Lipinski definition) is 2. The van der Waals surface area contributed by atoms with E-state index in [1.807, 2.05) is 18.2 Å². The summed E-state index contributed by atoms with van der Waals surface area (Å²) in [5.41, 5.74) is 0.354. The SMILES string of the molecule is O=c1cc(I)c2ccccc2o1. The second kappa shape index (κ2) is 2.90. The lowest BCUT2D eigenvalue weighted by Gasteiger charge is -1.96. The van der Waals surface area contributed by atoms with Crippen LogP contribution in [0.5, 0.6) is 0 Å². The van der Waals surface area contributed by atoms with Crippen molar-refractivity contribution in [1.29, 1.82) is 0 Å². The Hall–Kier alpha value is -0.840. The maximum Gasteiger partial charge on any atom is 0.337 e. The highest BCUT2D eigenvalue weighted by atomic mass is 127. The summed E-state index contributed by atoms with van der Waals surface area (Å²) in [6.45, 7) is 0. The Balaban J connectivity index is 2.99. The van der Waals surface area contributed by atoms with Gasteiger partial charge < -0.3 is 4.42 Å². The first-order valence-corrected chi connectivity index (χ1v) is 4.53. The molecule has 1 aromatic heterocycles. The predicted molar refractivity (Wildman–Crippen MR) is 55.2 cm³/mol. The number of hydrogen-bond donors (Lipinski definition) is 0. The summed E-state index contributed by atoms with van der Waals surface area (Å²) in [5, 5.41) is 0.984. The first kappa shape index (κ1) is 7.79. The molecule has 0 N–H and O–H groups in total. The molecule has 2 nitrogen and oxygen atoms in total. The first-order chi connectivity index (χ1) is 5.77. The maximum atomic E-state index is 10.9. The monoisotopic (exact) mass is 272 g/mol. The minimum Gasteiger partial charge on any atom is -0.423 e. The Morgan fingerprint density at radius 2 is 2.00 bits per heavy atom. The fourth-order valence-corrected chi connectivity index (χ4v) is 1.77. The van der Waals surface area contributed by atoms with Crippen molar-refractivity contribution in [2.24, 2.45) is 0 Å². The normalized spacial score (nSPS) is 10.4. The second-order valence-corrected chi connectivity index (χ2v) is 3.57. The van der Waals surface area contributed by atoms with E-state index in [1.165, 1.54) is 6.07 Å². The van der Waals surface area contributed by atoms with Crippen LogP contribution in [-0.2, 0) is 0 Å². The number of para-hydroxylation sites is 1. The lowest BCUT2D eigenvalue weighted by atomic mass is 10.2. The van der Waals surface area contributed by atoms with E-state index in [0.717, 1.165) is 8.96 Å². The quantitative estimate of drug-likeness (QED) is 0.544. The largest absolute Gasteiger partial charge is 0.423 e. The molecule has 0 aliphatic rings. The summed E-state index contributed by atoms with van der Waals surface area (Å²) in [5.74, 6) is 0. The van der Waals surface area contributed by atoms with Gasteiger partial charge in [0.1, 0.15) is 5.58 Å². The minimum atomic E-state index is -0.293. The van der Waals surface area contributed by atoms with E-state index in [4.69, 9.17) is 4.42 Å². The van der Waals surface area contributed by atoms with Gasteiger partial charge in [-0.05, 0) is 28.7 Å². The third-order valence-corrected chi connectivity index (χ3v) is 2.49. The topological polar surface area (TPSA) is 30.2 Å². The minimum absolute atomic E-state index is 0.293. The van der Waals surface area contributed by atoms with Crippen molar-refractivity contribution in [1.82, 2.24) is 0 Å². The van der Waals surface area contributed by atoms with Crippen molar-refractivity contribution < 1.29 is 4.42 Å². The lowest BCUT2D eigenvalue weighted by molar-refractivity contribution is 0.560. The molecule has 1 aromatic carbocycles. The Bertz CT molecular complexity index is 473. The van der Waals surface area contributed by atoms with Crippen LogP contribution in [0.4, 0.5) is 0 Å². The average Bonchev–Trinajstić information content (AvgIpc) is 2.04. The van der Waals surface area contributed by atoms with Crippen molar-refractivity contribution in [3.8, 4) is 0 Å². The molecule has 0 radical (unpaired) electrons. The van der Waals surface area contributed by atoms with Gasteiger partial charge in [0.15, 0.2) is 0 Å². The van der Waals surface area contributed by atoms with Crippen LogP contribution in [0.25, 0.3) is 11.0 Å². The summed E-state index contributed by atoms with van der Waals surface area (Å²) >= 11 is 2.12. The molecule has 0 spiro atoms. The summed E-state index contributed by atoms with van der Waals surface area (Å²) < 4.78 is 5.91. The van der Waals surface area contributed by atoms with Crippen LogP contribution < -0.4 is 5.63 Å². The van der Waals surface area contributed by atoms with Gasteiger partial charge in [0, 0.05) is 15.0 Å². The van der Waals surface area contributed by atoms with E-state index < -0.39 is 0 Å². The van der Waals surface area contributed by atoms with Crippen LogP contribution in [0.15, 0.2) is 39.5 Å². The molecular formula is C9H5IO2. The van der Waals surface area contributed by atoms with Gasteiger partial charge in [-0.2, -0.15) is 0 Å². The summed E-state index contributed by atoms with van der Waals surface area (Å²) in [6, 6.07) is 8.98. The van der Waals surface area contributed by atoms with Crippen LogP contribution in [0.3, 0.4) is 0 Å². The Kier molecular flexibility index (Phi) is 1.88. The molecule has 0 unspecified atom stereocenters. The highest BCUT2D eigenvalue weighted by Gasteiger charge is 1.99. The van der Waals surface area contributed by atoms with Gasteiger partial charge in [0.25, 0.3) is 0 Å². The van der Waals surface area contributed by atoms with E-state index in [-0.39, 0.29) is 5.63 Å². The van der Waals surface area contributed by atoms with E-state index in [1.54, 1.807) is 6.07 Å². The van der Waals surface area contributed by atoms with Gasteiger partial charge >= 0.3 is 5.63 Å². The van der Waals surface area contributed by atoms with Crippen LogP contribution in [-0.4, -0.2) is 0 Å². The van der Waals surface area contributed by atoms with Gasteiger partial charge in [-0.3, -0.25) is 0 Å². The molecule has 0 amide bonds. The summed E-state index contributed by atoms with van der Waals surface area (Å²) in [4.78, 5) is 10.9. The van der Waals surface area contributed by atoms with Gasteiger partial charge in [-0.15, -0.1) is 0 Å². The van der Waals surface area contributed by atoms with Crippen LogP contribution >= 0.6 is 22.6 Å². The van der Waals surface area contributed by atoms with Crippen LogP contribution in [0, 0.1) is 3.57 Å². The van der Waals surface area contributed by atoms with Crippen LogP contribution in [0.1, 0.15) is 0 Å². The molecule has 0 saturated carbocycles. The molecule has 3 heteroatoms. The summed E-state index contributed by atoms with van der Waals surface area (Å²) in [7, 11) is 0. The number of rotatable bonds is 0. The molecule has 0 atom stereocenters. The van der Waals surface area contributed by atoms with E-state index in [2.05, 4.69) is 22.6 Å². The van der Waals surface area contributed by atoms with E-state index in [0.29, 0.717) is 5.58 Å². The van der Waals surface area contributed by atoms with Gasteiger partial charge in [-0.1, -0.05) is 18.2 Å². The average molecular weight is 272 g/mol. The highest BCUT2D eigenvalue weighted by molar-refractivity contribution is 14.1. The molecule has 2 aromatic rings. The molecule has 1 heterocycles. The fraction of sp³-hybridized carbons (Fsp3) is 0. The highest BCUT2D eigenvalue weighted by Crippen LogP contribution is 2.17. The first-order valence-electron chi connectivity index (χ1n) is 3.46. The molecule has 0 aliphatic heterocycles. The van der Waals surface area contributed by atoms with Gasteiger partial charge in [0.2, 0.25) is 0 Å². The smallest absolute Gasteiger partial charge is 0.337 e. The van der Waals surface area contributed by atoms with Gasteiger partial charge in [-0.25, -0.2) is 4.79 Å². The third kappa shape index (κ3) is 1.24. The van der Waals surface area contributed by atoms with Gasteiger partial charge in [0.05, 0.1) is 0 Å². The molecule has 0 bridgehead atoms. The molecule has 0 fully saturated rings. The molecular weight excluding hydrogens is 267 g/mol. The number of benzene rings is 1. The van der Waals surface area contributed by atoms with Crippen molar-refractivity contribution in [2.45, 2.75) is 0 Å². The lowest BCUT2D eigenvalue weighted by Crippen LogP contribution is -1.97. The molecule has 60 valence electrons. The van der Waals surface area contributed by atoms with E-state index in [9.17, 15) is 4.79 Å². The fourth-order valence-electron chi connectivity index (χ4n) is 1.07. The second-order valence-electron chi connectivity index (χ2n) is 2.41. The van der Waals surface area contributed by atoms with E-state index >= 15 is 0 Å². The van der Waals surface area contributed by atoms with Crippen LogP contribution in [0.2, 0.25) is 0 Å². The number of halogens is 1. The number of fused-ring (bicyclic) bond motifs is 1. The molecule has 0 aliphatic carbocycles. The molecule has 12 heavy (non-hydrogen) atoms. The molecule has 0 saturated heterocycles. The van der Waals surface area contributed by atoms with Crippen molar-refractivity contribution in [3.05, 3.63) is 44.3 Å². The van der Waals surface area contributed by atoms with Crippen molar-refractivity contribution in [2.75, 3.05) is 0 Å². The Labute approximate surface area is 82.3 Å². The maximum absolute atomic E-state index is 10.9. The molecule has 2 rings (SSSR count). The predicted octanol–water partition coefficient (Wildman–Crippen LogP) is 2.40. The third-order valence-electron chi connectivity index (χ3n) is 1.60. The zero-order chi connectivity index (χ0) is 8.55. The zero-order valence-corrected chi connectivity index (χ0v) is 8.24. The Morgan fingerprint density at radius 3 is 2.83 bits per heavy atom. The Morgan fingerprint density at radius 1 is 1.25 bits per heavy atom. The standard InChI is InChI=1S/C9H5IO2/c10-7-5-9(11)12-8-4-2-1-3-6(7)8/h1-5H. The summed E-state index contributed by atoms with van der Waals surface area (Å²) in [6.07, 6.45) is 0.